The van der Waals surface area contributed by atoms with E-state index in [-0.39, 0.29) is 18.0 Å². The van der Waals surface area contributed by atoms with Crippen molar-refractivity contribution in [1.82, 2.24) is 9.88 Å². The number of aromatic nitrogens is 1. The van der Waals surface area contributed by atoms with Crippen LogP contribution in [-0.4, -0.2) is 51.8 Å². The highest BCUT2D eigenvalue weighted by Crippen LogP contribution is 2.12. The Labute approximate surface area is 110 Å². The molecule has 0 unspecified atom stereocenters. The number of hydrogen-bond donors (Lipinski definition) is 3. The zero-order valence-corrected chi connectivity index (χ0v) is 10.7. The molecule has 0 saturated heterocycles. The third kappa shape index (κ3) is 4.22. The minimum absolute atomic E-state index is 0.00293. The van der Waals surface area contributed by atoms with Gasteiger partial charge >= 0.3 is 12.0 Å². The third-order valence-electron chi connectivity index (χ3n) is 2.51. The van der Waals surface area contributed by atoms with Crippen molar-refractivity contribution in [1.29, 1.82) is 0 Å². The molecule has 1 heterocycles. The van der Waals surface area contributed by atoms with Gasteiger partial charge in [0.25, 0.3) is 0 Å². The molecule has 7 nitrogen and oxygen atoms in total. The average molecular weight is 267 g/mol. The van der Waals surface area contributed by atoms with E-state index in [1.54, 1.807) is 13.0 Å². The summed E-state index contributed by atoms with van der Waals surface area (Å²) in [6.07, 6.45) is 1.82. The number of hydrogen-bond acceptors (Lipinski definition) is 4. The minimum Gasteiger partial charge on any atom is -0.476 e. The van der Waals surface area contributed by atoms with Crippen LogP contribution in [0.1, 0.15) is 23.8 Å². The number of urea groups is 1. The summed E-state index contributed by atoms with van der Waals surface area (Å²) in [5.41, 5.74) is -0.0449. The first-order chi connectivity index (χ1) is 9.10. The second-order valence-electron chi connectivity index (χ2n) is 3.79. The summed E-state index contributed by atoms with van der Waals surface area (Å²) in [5, 5.41) is 20.2. The fourth-order valence-electron chi connectivity index (χ4n) is 1.54. The van der Waals surface area contributed by atoms with Crippen LogP contribution in [0.2, 0.25) is 0 Å². The van der Waals surface area contributed by atoms with Crippen LogP contribution >= 0.6 is 0 Å². The summed E-state index contributed by atoms with van der Waals surface area (Å²) in [6.45, 7) is 2.67. The van der Waals surface area contributed by atoms with Crippen molar-refractivity contribution in [3.63, 3.8) is 0 Å². The van der Waals surface area contributed by atoms with Crippen molar-refractivity contribution in [2.24, 2.45) is 0 Å². The maximum atomic E-state index is 11.9. The molecule has 0 aliphatic heterocycles. The second kappa shape index (κ2) is 7.32. The molecule has 0 radical (unpaired) electrons. The largest absolute Gasteiger partial charge is 0.476 e. The number of carboxylic acids is 1. The molecule has 1 rings (SSSR count). The number of carbonyl (C=O) groups is 2. The normalized spacial score (nSPS) is 10.0. The van der Waals surface area contributed by atoms with Crippen LogP contribution < -0.4 is 5.32 Å². The summed E-state index contributed by atoms with van der Waals surface area (Å²) >= 11 is 0. The van der Waals surface area contributed by atoms with Crippen molar-refractivity contribution < 1.29 is 19.8 Å². The number of rotatable bonds is 6. The fraction of sp³-hybridized carbons (Fsp3) is 0.417. The second-order valence-corrected chi connectivity index (χ2v) is 3.79. The topological polar surface area (TPSA) is 103 Å². The molecule has 0 atom stereocenters. The number of aromatic carboxylic acids is 1. The van der Waals surface area contributed by atoms with Gasteiger partial charge < -0.3 is 20.4 Å². The number of amides is 2. The maximum absolute atomic E-state index is 11.9. The number of pyridine rings is 1. The first-order valence-electron chi connectivity index (χ1n) is 5.95. The molecule has 19 heavy (non-hydrogen) atoms. The predicted molar refractivity (Wildman–Crippen MR) is 69.2 cm³/mol. The number of carboxylic acid groups (broad SMARTS) is 1. The Morgan fingerprint density at radius 2 is 2.21 bits per heavy atom. The van der Waals surface area contributed by atoms with Gasteiger partial charge in [0.15, 0.2) is 5.69 Å². The highest BCUT2D eigenvalue weighted by atomic mass is 16.4. The van der Waals surface area contributed by atoms with Crippen molar-refractivity contribution in [3.05, 3.63) is 24.0 Å². The Bertz CT molecular complexity index is 450. The Morgan fingerprint density at radius 1 is 1.47 bits per heavy atom. The van der Waals surface area contributed by atoms with Crippen LogP contribution in [0.5, 0.6) is 0 Å². The van der Waals surface area contributed by atoms with E-state index in [1.165, 1.54) is 17.2 Å². The van der Waals surface area contributed by atoms with Crippen molar-refractivity contribution in [2.45, 2.75) is 13.3 Å². The summed E-state index contributed by atoms with van der Waals surface area (Å²) in [5.74, 6) is -1.20. The van der Waals surface area contributed by atoms with Gasteiger partial charge in [0.2, 0.25) is 0 Å². The highest BCUT2D eigenvalue weighted by Gasteiger charge is 2.16. The molecular weight excluding hydrogens is 250 g/mol. The minimum atomic E-state index is -1.20. The molecule has 1 aromatic rings. The third-order valence-corrected chi connectivity index (χ3v) is 2.51. The quantitative estimate of drug-likeness (QED) is 0.714. The van der Waals surface area contributed by atoms with Crippen molar-refractivity contribution >= 4 is 17.7 Å². The van der Waals surface area contributed by atoms with E-state index >= 15 is 0 Å². The molecule has 1 aromatic heterocycles. The molecule has 104 valence electrons. The Hall–Kier alpha value is -2.15. The number of anilines is 1. The number of carbonyl (C=O) groups excluding carboxylic acids is 1. The summed E-state index contributed by atoms with van der Waals surface area (Å²) in [4.78, 5) is 28.1. The molecule has 0 spiro atoms. The standard InChI is InChI=1S/C12H17N3O4/c1-2-15(7-4-8-16)12(19)14-9-5-3-6-13-10(9)11(17)18/h3,5-6,16H,2,4,7-8H2,1H3,(H,14,19)(H,17,18). The Kier molecular flexibility index (Phi) is 5.74. The summed E-state index contributed by atoms with van der Waals surface area (Å²) in [6, 6.07) is 2.62. The summed E-state index contributed by atoms with van der Waals surface area (Å²) in [7, 11) is 0. The lowest BCUT2D eigenvalue weighted by atomic mass is 10.3. The fourth-order valence-corrected chi connectivity index (χ4v) is 1.54. The van der Waals surface area contributed by atoms with E-state index in [0.29, 0.717) is 19.5 Å². The summed E-state index contributed by atoms with van der Waals surface area (Å²) < 4.78 is 0. The number of nitrogens with one attached hydrogen (secondary N) is 1. The molecule has 0 aromatic carbocycles. The van der Waals surface area contributed by atoms with Crippen LogP contribution in [-0.2, 0) is 0 Å². The van der Waals surface area contributed by atoms with E-state index in [2.05, 4.69) is 10.3 Å². The maximum Gasteiger partial charge on any atom is 0.356 e. The van der Waals surface area contributed by atoms with Crippen molar-refractivity contribution in [2.75, 3.05) is 25.0 Å². The molecule has 3 N–H and O–H groups in total. The lowest BCUT2D eigenvalue weighted by Crippen LogP contribution is -2.36. The van der Waals surface area contributed by atoms with Gasteiger partial charge in [-0.3, -0.25) is 0 Å². The molecule has 0 fully saturated rings. The number of aliphatic hydroxyl groups excluding tert-OH is 1. The zero-order chi connectivity index (χ0) is 14.3. The van der Waals surface area contributed by atoms with E-state index in [4.69, 9.17) is 10.2 Å². The van der Waals surface area contributed by atoms with Gasteiger partial charge in [0.05, 0.1) is 5.69 Å². The smallest absolute Gasteiger partial charge is 0.356 e. The molecular formula is C12H17N3O4. The lowest BCUT2D eigenvalue weighted by molar-refractivity contribution is 0.0691. The van der Waals surface area contributed by atoms with Gasteiger partial charge in [-0.05, 0) is 25.5 Å². The zero-order valence-electron chi connectivity index (χ0n) is 10.7. The van der Waals surface area contributed by atoms with Crippen molar-refractivity contribution in [3.8, 4) is 0 Å². The van der Waals surface area contributed by atoms with Crippen LogP contribution in [0.15, 0.2) is 18.3 Å². The van der Waals surface area contributed by atoms with Gasteiger partial charge in [-0.2, -0.15) is 0 Å². The molecule has 0 aliphatic carbocycles. The van der Waals surface area contributed by atoms with Crippen LogP contribution in [0.3, 0.4) is 0 Å². The highest BCUT2D eigenvalue weighted by molar-refractivity contribution is 5.98. The van der Waals surface area contributed by atoms with Gasteiger partial charge in [-0.25, -0.2) is 14.6 Å². The molecule has 2 amide bonds. The first-order valence-corrected chi connectivity index (χ1v) is 5.95. The first kappa shape index (κ1) is 14.9. The SMILES string of the molecule is CCN(CCCO)C(=O)Nc1cccnc1C(=O)O. The van der Waals surface area contributed by atoms with E-state index in [9.17, 15) is 9.59 Å². The Morgan fingerprint density at radius 3 is 2.79 bits per heavy atom. The number of aliphatic hydroxyl groups is 1. The van der Waals surface area contributed by atoms with Crippen LogP contribution in [0.4, 0.5) is 10.5 Å². The van der Waals surface area contributed by atoms with E-state index < -0.39 is 12.0 Å². The van der Waals surface area contributed by atoms with E-state index in [0.717, 1.165) is 0 Å². The predicted octanol–water partition coefficient (Wildman–Crippen LogP) is 1.02. The Balaban J connectivity index is 2.78. The van der Waals surface area contributed by atoms with Gasteiger partial charge in [-0.15, -0.1) is 0 Å². The van der Waals surface area contributed by atoms with Crippen LogP contribution in [0, 0.1) is 0 Å². The van der Waals surface area contributed by atoms with Crippen LogP contribution in [0.25, 0.3) is 0 Å². The average Bonchev–Trinajstić information content (AvgIpc) is 2.40. The number of nitrogens with zero attached hydrogens (tertiary/aromatic N) is 2. The van der Waals surface area contributed by atoms with Gasteiger partial charge in [0, 0.05) is 25.9 Å². The molecule has 0 saturated carbocycles. The monoisotopic (exact) mass is 267 g/mol. The van der Waals surface area contributed by atoms with Gasteiger partial charge in [-0.1, -0.05) is 0 Å². The lowest BCUT2D eigenvalue weighted by Gasteiger charge is -2.21. The van der Waals surface area contributed by atoms with Gasteiger partial charge in [0.1, 0.15) is 0 Å². The van der Waals surface area contributed by atoms with E-state index in [1.807, 2.05) is 0 Å². The molecule has 0 aliphatic rings. The molecule has 7 heteroatoms. The molecule has 0 bridgehead atoms.